The molecule has 0 radical (unpaired) electrons. The van der Waals surface area contributed by atoms with Crippen molar-refractivity contribution in [1.82, 2.24) is 9.78 Å². The summed E-state index contributed by atoms with van der Waals surface area (Å²) < 4.78 is 7.29. The van der Waals surface area contributed by atoms with Gasteiger partial charge in [0.15, 0.2) is 0 Å². The van der Waals surface area contributed by atoms with Crippen LogP contribution in [0.15, 0.2) is 30.6 Å². The second-order valence-corrected chi connectivity index (χ2v) is 6.34. The van der Waals surface area contributed by atoms with Gasteiger partial charge >= 0.3 is 0 Å². The molecule has 1 fully saturated rings. The van der Waals surface area contributed by atoms with E-state index < -0.39 is 0 Å². The third-order valence-electron chi connectivity index (χ3n) is 4.16. The van der Waals surface area contributed by atoms with Gasteiger partial charge in [-0.15, -0.1) is 0 Å². The van der Waals surface area contributed by atoms with Crippen molar-refractivity contribution in [3.8, 4) is 0 Å². The van der Waals surface area contributed by atoms with Crippen molar-refractivity contribution >= 4 is 11.6 Å². The van der Waals surface area contributed by atoms with Crippen molar-refractivity contribution in [3.63, 3.8) is 0 Å². The molecule has 5 heteroatoms. The Morgan fingerprint density at radius 1 is 1.26 bits per heavy atom. The predicted molar refractivity (Wildman–Crippen MR) is 89.6 cm³/mol. The Kier molecular flexibility index (Phi) is 4.76. The smallest absolute Gasteiger partial charge is 0.255 e. The molecule has 1 saturated heterocycles. The van der Waals surface area contributed by atoms with E-state index in [-0.39, 0.29) is 5.91 Å². The molecule has 122 valence electrons. The molecular formula is C18H23N3O2. The van der Waals surface area contributed by atoms with Crippen LogP contribution in [0.4, 0.5) is 5.69 Å². The molecule has 0 bridgehead atoms. The molecule has 1 amide bonds. The Hall–Kier alpha value is -2.14. The average molecular weight is 313 g/mol. The molecule has 1 aliphatic heterocycles. The molecule has 23 heavy (non-hydrogen) atoms. The lowest BCUT2D eigenvalue weighted by Gasteiger charge is -2.21. The van der Waals surface area contributed by atoms with Crippen molar-refractivity contribution in [2.24, 2.45) is 5.92 Å². The van der Waals surface area contributed by atoms with E-state index in [4.69, 9.17) is 4.74 Å². The standard InChI is InChI=1S/C18H23N3O2/c1-13-7-14(2)9-16(8-13)18(22)20-17-10-19-21(12-17)11-15-3-5-23-6-4-15/h7-10,12,15H,3-6,11H2,1-2H3,(H,20,22). The Morgan fingerprint density at radius 3 is 2.65 bits per heavy atom. The molecular weight excluding hydrogens is 290 g/mol. The van der Waals surface area contributed by atoms with E-state index in [1.54, 1.807) is 6.20 Å². The minimum atomic E-state index is -0.0950. The number of carbonyl (C=O) groups is 1. The van der Waals surface area contributed by atoms with Crippen LogP contribution in [0.3, 0.4) is 0 Å². The summed E-state index contributed by atoms with van der Waals surface area (Å²) in [6, 6.07) is 5.85. The summed E-state index contributed by atoms with van der Waals surface area (Å²) in [5, 5.41) is 7.28. The van der Waals surface area contributed by atoms with Crippen molar-refractivity contribution in [3.05, 3.63) is 47.3 Å². The summed E-state index contributed by atoms with van der Waals surface area (Å²) in [6.07, 6.45) is 5.75. The zero-order chi connectivity index (χ0) is 16.2. The van der Waals surface area contributed by atoms with Crippen LogP contribution in [0.25, 0.3) is 0 Å². The number of carbonyl (C=O) groups excluding carboxylic acids is 1. The molecule has 3 rings (SSSR count). The SMILES string of the molecule is Cc1cc(C)cc(C(=O)Nc2cnn(CC3CCOCC3)c2)c1. The number of aromatic nitrogens is 2. The number of hydrogen-bond donors (Lipinski definition) is 1. The van der Waals surface area contributed by atoms with Gasteiger partial charge in [-0.2, -0.15) is 5.10 Å². The highest BCUT2D eigenvalue weighted by Gasteiger charge is 2.15. The minimum Gasteiger partial charge on any atom is -0.381 e. The molecule has 0 unspecified atom stereocenters. The average Bonchev–Trinajstić information content (AvgIpc) is 2.94. The van der Waals surface area contributed by atoms with Gasteiger partial charge in [0.1, 0.15) is 0 Å². The van der Waals surface area contributed by atoms with Gasteiger partial charge in [0, 0.05) is 31.5 Å². The van der Waals surface area contributed by atoms with Crippen LogP contribution in [0, 0.1) is 19.8 Å². The monoisotopic (exact) mass is 313 g/mol. The molecule has 0 spiro atoms. The van der Waals surface area contributed by atoms with Crippen molar-refractivity contribution in [1.29, 1.82) is 0 Å². The van der Waals surface area contributed by atoms with Crippen LogP contribution in [0.5, 0.6) is 0 Å². The maximum atomic E-state index is 12.4. The molecule has 5 nitrogen and oxygen atoms in total. The number of ether oxygens (including phenoxy) is 1. The van der Waals surface area contributed by atoms with Crippen molar-refractivity contribution in [2.45, 2.75) is 33.2 Å². The fourth-order valence-corrected chi connectivity index (χ4v) is 3.03. The van der Waals surface area contributed by atoms with E-state index in [1.807, 2.05) is 36.9 Å². The molecule has 2 heterocycles. The summed E-state index contributed by atoms with van der Waals surface area (Å²) in [7, 11) is 0. The Morgan fingerprint density at radius 2 is 1.96 bits per heavy atom. The lowest BCUT2D eigenvalue weighted by Crippen LogP contribution is -2.20. The molecule has 1 N–H and O–H groups in total. The summed E-state index contributed by atoms with van der Waals surface area (Å²) >= 11 is 0. The predicted octanol–water partition coefficient (Wildman–Crippen LogP) is 3.18. The van der Waals surface area contributed by atoms with Crippen LogP contribution in [0.2, 0.25) is 0 Å². The number of amides is 1. The van der Waals surface area contributed by atoms with Gasteiger partial charge in [-0.1, -0.05) is 17.2 Å². The van der Waals surface area contributed by atoms with Crippen LogP contribution >= 0.6 is 0 Å². The first-order valence-electron chi connectivity index (χ1n) is 8.10. The maximum Gasteiger partial charge on any atom is 0.255 e. The normalized spacial score (nSPS) is 15.6. The number of aryl methyl sites for hydroxylation is 2. The van der Waals surface area contributed by atoms with Crippen LogP contribution in [-0.4, -0.2) is 28.9 Å². The molecule has 1 aromatic heterocycles. The zero-order valence-corrected chi connectivity index (χ0v) is 13.7. The maximum absolute atomic E-state index is 12.4. The zero-order valence-electron chi connectivity index (χ0n) is 13.7. The second-order valence-electron chi connectivity index (χ2n) is 6.34. The second kappa shape index (κ2) is 6.96. The number of benzene rings is 1. The number of hydrogen-bond acceptors (Lipinski definition) is 3. The molecule has 0 atom stereocenters. The Bertz CT molecular complexity index is 667. The first kappa shape index (κ1) is 15.7. The third kappa shape index (κ3) is 4.20. The van der Waals surface area contributed by atoms with Gasteiger partial charge in [0.2, 0.25) is 0 Å². The molecule has 1 aromatic carbocycles. The van der Waals surface area contributed by atoms with E-state index >= 15 is 0 Å². The fraction of sp³-hybridized carbons (Fsp3) is 0.444. The highest BCUT2D eigenvalue weighted by atomic mass is 16.5. The third-order valence-corrected chi connectivity index (χ3v) is 4.16. The van der Waals surface area contributed by atoms with Gasteiger partial charge in [-0.05, 0) is 44.7 Å². The minimum absolute atomic E-state index is 0.0950. The van der Waals surface area contributed by atoms with Gasteiger partial charge in [0.05, 0.1) is 11.9 Å². The summed E-state index contributed by atoms with van der Waals surface area (Å²) in [6.45, 7) is 6.54. The number of rotatable bonds is 4. The lowest BCUT2D eigenvalue weighted by molar-refractivity contribution is 0.0601. The molecule has 0 aliphatic carbocycles. The fourth-order valence-electron chi connectivity index (χ4n) is 3.03. The molecule has 1 aliphatic rings. The van der Waals surface area contributed by atoms with Gasteiger partial charge in [-0.25, -0.2) is 0 Å². The van der Waals surface area contributed by atoms with E-state index in [0.29, 0.717) is 11.5 Å². The van der Waals surface area contributed by atoms with Crippen LogP contribution in [-0.2, 0) is 11.3 Å². The number of nitrogens with zero attached hydrogens (tertiary/aromatic N) is 2. The molecule has 0 saturated carbocycles. The first-order valence-corrected chi connectivity index (χ1v) is 8.10. The van der Waals surface area contributed by atoms with Crippen molar-refractivity contribution < 1.29 is 9.53 Å². The molecule has 2 aromatic rings. The highest BCUT2D eigenvalue weighted by Crippen LogP contribution is 2.18. The Labute approximate surface area is 136 Å². The van der Waals surface area contributed by atoms with Gasteiger partial charge in [-0.3, -0.25) is 9.48 Å². The van der Waals surface area contributed by atoms with Crippen molar-refractivity contribution in [2.75, 3.05) is 18.5 Å². The van der Waals surface area contributed by atoms with E-state index in [0.717, 1.165) is 49.4 Å². The van der Waals surface area contributed by atoms with Crippen LogP contribution in [0.1, 0.15) is 34.3 Å². The highest BCUT2D eigenvalue weighted by molar-refractivity contribution is 6.04. The lowest BCUT2D eigenvalue weighted by atomic mass is 10.0. The summed E-state index contributed by atoms with van der Waals surface area (Å²) in [5.74, 6) is 0.508. The summed E-state index contributed by atoms with van der Waals surface area (Å²) in [5.41, 5.74) is 3.59. The van der Waals surface area contributed by atoms with E-state index in [1.165, 1.54) is 0 Å². The largest absolute Gasteiger partial charge is 0.381 e. The first-order chi connectivity index (χ1) is 11.1. The van der Waals surface area contributed by atoms with E-state index in [2.05, 4.69) is 16.5 Å². The number of anilines is 1. The topological polar surface area (TPSA) is 56.2 Å². The van der Waals surface area contributed by atoms with Crippen LogP contribution < -0.4 is 5.32 Å². The Balaban J connectivity index is 1.62. The van der Waals surface area contributed by atoms with Gasteiger partial charge < -0.3 is 10.1 Å². The van der Waals surface area contributed by atoms with E-state index in [9.17, 15) is 4.79 Å². The van der Waals surface area contributed by atoms with Gasteiger partial charge in [0.25, 0.3) is 5.91 Å². The number of nitrogens with one attached hydrogen (secondary N) is 1. The quantitative estimate of drug-likeness (QED) is 0.943. The summed E-state index contributed by atoms with van der Waals surface area (Å²) in [4.78, 5) is 12.4.